The monoisotopic (exact) mass is 253 g/mol. The highest BCUT2D eigenvalue weighted by molar-refractivity contribution is 6.31. The van der Waals surface area contributed by atoms with E-state index in [1.165, 1.54) is 13.0 Å². The zero-order chi connectivity index (χ0) is 12.5. The second-order valence-corrected chi connectivity index (χ2v) is 3.95. The summed E-state index contributed by atoms with van der Waals surface area (Å²) in [4.78, 5) is 0. The molecule has 0 fully saturated rings. The van der Waals surface area contributed by atoms with Crippen LogP contribution in [0.15, 0.2) is 18.2 Å². The molecule has 0 saturated carbocycles. The number of rotatable bonds is 2. The molecule has 0 aliphatic carbocycles. The molecule has 0 aliphatic rings. The molecule has 0 radical (unpaired) electrons. The molecule has 0 unspecified atom stereocenters. The van der Waals surface area contributed by atoms with E-state index in [0.717, 1.165) is 12.1 Å². The number of hydrogen-bond acceptors (Lipinski definition) is 2. The van der Waals surface area contributed by atoms with Crippen molar-refractivity contribution in [3.8, 4) is 0 Å². The summed E-state index contributed by atoms with van der Waals surface area (Å²) in [5.41, 5.74) is 4.54. The van der Waals surface area contributed by atoms with Crippen LogP contribution in [0.4, 0.5) is 13.2 Å². The number of hydrogen-bond donors (Lipinski definition) is 2. The second kappa shape index (κ2) is 4.61. The van der Waals surface area contributed by atoms with Crippen LogP contribution in [0, 0.1) is 0 Å². The van der Waals surface area contributed by atoms with Gasteiger partial charge in [-0.2, -0.15) is 13.2 Å². The van der Waals surface area contributed by atoms with Crippen molar-refractivity contribution >= 4 is 11.6 Å². The van der Waals surface area contributed by atoms with E-state index in [1.54, 1.807) is 0 Å². The lowest BCUT2D eigenvalue weighted by Crippen LogP contribution is -2.24. The maximum atomic E-state index is 12.5. The van der Waals surface area contributed by atoms with Gasteiger partial charge in [-0.15, -0.1) is 0 Å². The van der Waals surface area contributed by atoms with E-state index in [0.29, 0.717) is 0 Å². The Morgan fingerprint density at radius 1 is 1.38 bits per heavy atom. The van der Waals surface area contributed by atoms with Crippen LogP contribution in [0.5, 0.6) is 0 Å². The maximum Gasteiger partial charge on any atom is 0.417 e. The molecule has 0 saturated heterocycles. The van der Waals surface area contributed by atoms with Crippen LogP contribution in [0.25, 0.3) is 0 Å². The van der Waals surface area contributed by atoms with Gasteiger partial charge in [-0.05, 0) is 24.6 Å². The molecular weight excluding hydrogens is 243 g/mol. The van der Waals surface area contributed by atoms with Crippen LogP contribution >= 0.6 is 11.6 Å². The van der Waals surface area contributed by atoms with Crippen molar-refractivity contribution in [2.24, 2.45) is 5.73 Å². The average molecular weight is 254 g/mol. The zero-order valence-corrected chi connectivity index (χ0v) is 9.18. The summed E-state index contributed by atoms with van der Waals surface area (Å²) >= 11 is 5.43. The average Bonchev–Trinajstić information content (AvgIpc) is 2.15. The summed E-state index contributed by atoms with van der Waals surface area (Å²) in [5, 5.41) is 9.15. The molecule has 6 heteroatoms. The van der Waals surface area contributed by atoms with Crippen LogP contribution in [-0.2, 0) is 6.18 Å². The van der Waals surface area contributed by atoms with Gasteiger partial charge < -0.3 is 10.8 Å². The van der Waals surface area contributed by atoms with Gasteiger partial charge in [0.15, 0.2) is 0 Å². The van der Waals surface area contributed by atoms with E-state index < -0.39 is 28.9 Å². The van der Waals surface area contributed by atoms with Crippen molar-refractivity contribution < 1.29 is 18.3 Å². The minimum absolute atomic E-state index is 0.103. The highest BCUT2D eigenvalue weighted by atomic mass is 35.5. The van der Waals surface area contributed by atoms with Crippen LogP contribution in [-0.4, -0.2) is 11.1 Å². The van der Waals surface area contributed by atoms with Crippen molar-refractivity contribution in [2.75, 3.05) is 0 Å². The van der Waals surface area contributed by atoms with Gasteiger partial charge in [0.25, 0.3) is 0 Å². The molecule has 1 aromatic carbocycles. The number of aliphatic hydroxyl groups excluding tert-OH is 1. The fourth-order valence-corrected chi connectivity index (χ4v) is 1.47. The molecule has 2 nitrogen and oxygen atoms in total. The van der Waals surface area contributed by atoms with Crippen molar-refractivity contribution in [1.29, 1.82) is 0 Å². The molecule has 0 heterocycles. The third kappa shape index (κ3) is 2.87. The number of halogens is 4. The lowest BCUT2D eigenvalue weighted by molar-refractivity contribution is -0.137. The van der Waals surface area contributed by atoms with Crippen molar-refractivity contribution in [2.45, 2.75) is 25.2 Å². The first-order valence-corrected chi connectivity index (χ1v) is 4.91. The largest absolute Gasteiger partial charge is 0.417 e. The Morgan fingerprint density at radius 2 is 1.94 bits per heavy atom. The first-order valence-electron chi connectivity index (χ1n) is 4.53. The molecule has 3 N–H and O–H groups in total. The number of nitrogens with two attached hydrogens (primary N) is 1. The highest BCUT2D eigenvalue weighted by Crippen LogP contribution is 2.36. The van der Waals surface area contributed by atoms with Crippen molar-refractivity contribution in [1.82, 2.24) is 0 Å². The fourth-order valence-electron chi connectivity index (χ4n) is 1.25. The van der Waals surface area contributed by atoms with Crippen LogP contribution < -0.4 is 5.73 Å². The predicted octanol–water partition coefficient (Wildman–Crippen LogP) is 2.74. The normalized spacial score (nSPS) is 15.9. The number of aliphatic hydroxyl groups is 1. The molecule has 0 aromatic heterocycles. The Labute approximate surface area is 95.8 Å². The van der Waals surface area contributed by atoms with Crippen LogP contribution in [0.2, 0.25) is 5.02 Å². The van der Waals surface area contributed by atoms with E-state index in [4.69, 9.17) is 17.3 Å². The predicted molar refractivity (Wildman–Crippen MR) is 55.1 cm³/mol. The Kier molecular flexibility index (Phi) is 3.83. The Balaban J connectivity index is 3.18. The molecule has 0 spiro atoms. The lowest BCUT2D eigenvalue weighted by Gasteiger charge is -2.17. The van der Waals surface area contributed by atoms with E-state index in [9.17, 15) is 18.3 Å². The van der Waals surface area contributed by atoms with E-state index in [-0.39, 0.29) is 5.56 Å². The van der Waals surface area contributed by atoms with E-state index in [2.05, 4.69) is 0 Å². The minimum Gasteiger partial charge on any atom is -0.387 e. The van der Waals surface area contributed by atoms with E-state index in [1.807, 2.05) is 0 Å². The van der Waals surface area contributed by atoms with Gasteiger partial charge >= 0.3 is 6.18 Å². The van der Waals surface area contributed by atoms with Gasteiger partial charge in [-0.3, -0.25) is 0 Å². The summed E-state index contributed by atoms with van der Waals surface area (Å²) in [6.45, 7) is 1.51. The molecule has 0 aliphatic heterocycles. The van der Waals surface area contributed by atoms with Gasteiger partial charge in [-0.1, -0.05) is 17.7 Å². The zero-order valence-electron chi connectivity index (χ0n) is 8.42. The Hall–Kier alpha value is -0.780. The van der Waals surface area contributed by atoms with Crippen LogP contribution in [0.1, 0.15) is 24.2 Å². The molecule has 90 valence electrons. The molecule has 0 bridgehead atoms. The molecule has 0 amide bonds. The quantitative estimate of drug-likeness (QED) is 0.851. The highest BCUT2D eigenvalue weighted by Gasteiger charge is 2.33. The van der Waals surface area contributed by atoms with Gasteiger partial charge in [0.2, 0.25) is 0 Å². The smallest absolute Gasteiger partial charge is 0.387 e. The third-order valence-corrected chi connectivity index (χ3v) is 2.46. The molecule has 2 atom stereocenters. The minimum atomic E-state index is -4.54. The third-order valence-electron chi connectivity index (χ3n) is 2.14. The molecule has 1 aromatic rings. The van der Waals surface area contributed by atoms with Gasteiger partial charge in [0.05, 0.1) is 16.7 Å². The second-order valence-electron chi connectivity index (χ2n) is 3.54. The molecule has 1 rings (SSSR count). The van der Waals surface area contributed by atoms with Crippen LogP contribution in [0.3, 0.4) is 0 Å². The summed E-state index contributed by atoms with van der Waals surface area (Å²) in [6.07, 6.45) is -5.68. The summed E-state index contributed by atoms with van der Waals surface area (Å²) in [6, 6.07) is 2.59. The van der Waals surface area contributed by atoms with E-state index >= 15 is 0 Å². The number of alkyl halides is 3. The fraction of sp³-hybridized carbons (Fsp3) is 0.400. The van der Waals surface area contributed by atoms with Gasteiger partial charge in [-0.25, -0.2) is 0 Å². The maximum absolute atomic E-state index is 12.5. The lowest BCUT2D eigenvalue weighted by atomic mass is 10.0. The SMILES string of the molecule is C[C@@H](N)[C@@H](O)c1ccc(Cl)c(C(F)(F)F)c1. The Bertz CT molecular complexity index is 379. The summed E-state index contributed by atoms with van der Waals surface area (Å²) in [7, 11) is 0. The summed E-state index contributed by atoms with van der Waals surface area (Å²) < 4.78 is 37.5. The first kappa shape index (κ1) is 13.3. The van der Waals surface area contributed by atoms with Crippen molar-refractivity contribution in [3.63, 3.8) is 0 Å². The topological polar surface area (TPSA) is 46.2 Å². The number of benzene rings is 1. The standard InChI is InChI=1S/C10H11ClF3NO/c1-5(15)9(16)6-2-3-8(11)7(4-6)10(12,13)14/h2-5,9,16H,15H2,1H3/t5-,9-/m1/s1. The Morgan fingerprint density at radius 3 is 2.38 bits per heavy atom. The van der Waals surface area contributed by atoms with Crippen molar-refractivity contribution in [3.05, 3.63) is 34.3 Å². The molecular formula is C10H11ClF3NO. The van der Waals surface area contributed by atoms with Gasteiger partial charge in [0, 0.05) is 6.04 Å². The molecule has 16 heavy (non-hydrogen) atoms. The van der Waals surface area contributed by atoms with Gasteiger partial charge in [0.1, 0.15) is 0 Å². The first-order chi connectivity index (χ1) is 7.23. The summed E-state index contributed by atoms with van der Waals surface area (Å²) in [5.74, 6) is 0.